The molecule has 0 aliphatic carbocycles. The van der Waals surface area contributed by atoms with Gasteiger partial charge in [0.1, 0.15) is 0 Å². The summed E-state index contributed by atoms with van der Waals surface area (Å²) in [5, 5.41) is 0. The molecule has 22 heavy (non-hydrogen) atoms. The molecular weight excluding hydrogens is 440 g/mol. The van der Waals surface area contributed by atoms with Gasteiger partial charge in [-0.2, -0.15) is 0 Å². The molecule has 0 aliphatic heterocycles. The molecule has 0 bridgehead atoms. The average molecular weight is 454 g/mol. The van der Waals surface area contributed by atoms with E-state index in [-0.39, 0.29) is 25.9 Å². The van der Waals surface area contributed by atoms with Crippen molar-refractivity contribution in [3.8, 4) is 0 Å². The molecule has 0 amide bonds. The van der Waals surface area contributed by atoms with Crippen LogP contribution in [0.25, 0.3) is 0 Å². The summed E-state index contributed by atoms with van der Waals surface area (Å²) in [6, 6.07) is 17.7. The van der Waals surface area contributed by atoms with Gasteiger partial charge in [-0.3, -0.25) is 0 Å². The van der Waals surface area contributed by atoms with E-state index in [0.717, 1.165) is 0 Å². The number of hydrogen-bond donors (Lipinski definition) is 0. The molecule has 0 saturated carbocycles. The van der Waals surface area contributed by atoms with E-state index in [9.17, 15) is 21.0 Å². The van der Waals surface area contributed by atoms with E-state index >= 15 is 0 Å². The summed E-state index contributed by atoms with van der Waals surface area (Å²) in [7, 11) is -8.55. The Hall–Kier alpha value is -0.820. The topological polar surface area (TPSA) is 0 Å². The molecule has 0 atom stereocenters. The third kappa shape index (κ3) is 11.8. The molecule has 0 unspecified atom stereocenters. The second-order valence-electron chi connectivity index (χ2n) is 4.33. The predicted octanol–water partition coefficient (Wildman–Crippen LogP) is 0.398. The van der Waals surface area contributed by atoms with Crippen molar-refractivity contribution in [2.45, 2.75) is 13.8 Å². The zero-order chi connectivity index (χ0) is 16.1. The first kappa shape index (κ1) is 21.2. The third-order valence-corrected chi connectivity index (χ3v) is 4.85. The predicted molar refractivity (Wildman–Crippen MR) is 72.2 cm³/mol. The van der Waals surface area contributed by atoms with Crippen LogP contribution in [0.2, 0.25) is 0 Å². The fourth-order valence-corrected chi connectivity index (χ4v) is 3.86. The summed E-state index contributed by atoms with van der Waals surface area (Å²) in [6.07, 6.45) is 0. The normalized spacial score (nSPS) is 12.2. The van der Waals surface area contributed by atoms with Gasteiger partial charge in [0.2, 0.25) is 0 Å². The van der Waals surface area contributed by atoms with Crippen LogP contribution in [0.3, 0.4) is 0 Å². The van der Waals surface area contributed by atoms with Crippen LogP contribution in [0, 0.1) is 21.0 Å². The van der Waals surface area contributed by atoms with Crippen LogP contribution in [-0.4, -0.2) is 0 Å². The molecular formula is C14H14F6IP. The van der Waals surface area contributed by atoms with Crippen LogP contribution in [0.1, 0.15) is 11.1 Å². The van der Waals surface area contributed by atoms with Crippen LogP contribution in [-0.2, 0) is 0 Å². The van der Waals surface area contributed by atoms with Crippen LogP contribution in [0.5, 0.6) is 0 Å². The number of benzene rings is 2. The molecule has 8 heteroatoms. The Kier molecular flexibility index (Phi) is 7.85. The monoisotopic (exact) mass is 454 g/mol. The van der Waals surface area contributed by atoms with E-state index in [1.165, 1.54) is 18.3 Å². The van der Waals surface area contributed by atoms with Gasteiger partial charge in [-0.05, 0) is 43.7 Å². The van der Waals surface area contributed by atoms with Crippen molar-refractivity contribution in [1.29, 1.82) is 0 Å². The minimum absolute atomic E-state index is 0. The van der Waals surface area contributed by atoms with Crippen LogP contribution in [0.4, 0.5) is 21.0 Å². The fourth-order valence-electron chi connectivity index (χ4n) is 1.39. The van der Waals surface area contributed by atoms with Gasteiger partial charge in [0, 0.05) is 0 Å². The van der Waals surface area contributed by atoms with Crippen molar-refractivity contribution >= 4 is 8.16 Å². The second kappa shape index (κ2) is 8.15. The van der Waals surface area contributed by atoms with Crippen molar-refractivity contribution < 1.29 is 46.9 Å². The Bertz CT molecular complexity index is 575. The smallest absolute Gasteiger partial charge is 1.00 e. The van der Waals surface area contributed by atoms with Gasteiger partial charge in [0.05, 0.1) is 0 Å². The maximum atomic E-state index is 9.84. The van der Waals surface area contributed by atoms with Gasteiger partial charge in [0.15, 0.2) is 7.14 Å². The molecule has 2 aromatic carbocycles. The zero-order valence-electron chi connectivity index (χ0n) is 11.7. The number of rotatable bonds is 2. The summed E-state index contributed by atoms with van der Waals surface area (Å²) < 4.78 is 52.2. The molecule has 2 rings (SSSR count). The van der Waals surface area contributed by atoms with E-state index in [1.54, 1.807) is 0 Å². The molecule has 0 saturated heterocycles. The Morgan fingerprint density at radius 1 is 0.727 bits per heavy atom. The van der Waals surface area contributed by atoms with E-state index in [2.05, 4.69) is 62.4 Å². The molecule has 0 fully saturated rings. The summed E-state index contributed by atoms with van der Waals surface area (Å²) >= 11 is -0.000856. The van der Waals surface area contributed by atoms with Crippen molar-refractivity contribution in [1.82, 2.24) is 0 Å². The van der Waals surface area contributed by atoms with Crippen molar-refractivity contribution in [2.75, 3.05) is 0 Å². The first-order valence-corrected chi connectivity index (χ1v) is 9.71. The van der Waals surface area contributed by atoms with Gasteiger partial charge in [0.25, 0.3) is 0 Å². The molecule has 0 heterocycles. The van der Waals surface area contributed by atoms with Gasteiger partial charge >= 0.3 is 50.3 Å². The first-order chi connectivity index (χ1) is 9.47. The molecule has 0 radical (unpaired) electrons. The van der Waals surface area contributed by atoms with Crippen molar-refractivity contribution in [2.24, 2.45) is 0 Å². The van der Waals surface area contributed by atoms with Gasteiger partial charge in [-0.15, -0.1) is 0 Å². The van der Waals surface area contributed by atoms with E-state index < -0.39 is 8.16 Å². The summed E-state index contributed by atoms with van der Waals surface area (Å²) in [5.41, 5.74) is 2.70. The number of halogens is 7. The molecule has 124 valence electrons. The summed E-state index contributed by atoms with van der Waals surface area (Å²) in [4.78, 5) is 0. The Balaban J connectivity index is 0.000000546. The minimum Gasteiger partial charge on any atom is -1.00 e. The minimum atomic E-state index is -8.55. The number of hydrogen-bond acceptors (Lipinski definition) is 0. The van der Waals surface area contributed by atoms with E-state index in [1.807, 2.05) is 0 Å². The maximum Gasteiger partial charge on any atom is -1.00 e. The van der Waals surface area contributed by atoms with Crippen LogP contribution in [0.15, 0.2) is 48.5 Å². The Morgan fingerprint density at radius 2 is 1.23 bits per heavy atom. The molecule has 0 N–H and O–H groups in total. The van der Waals surface area contributed by atoms with Gasteiger partial charge in [-0.25, -0.2) is 0 Å². The number of aryl methyl sites for hydroxylation is 2. The quantitative estimate of drug-likeness (QED) is 0.351. The molecule has 0 nitrogen and oxygen atoms in total. The Labute approximate surface area is 135 Å². The van der Waals surface area contributed by atoms with E-state index in [0.29, 0.717) is 0 Å². The first-order valence-electron chi connectivity index (χ1n) is 5.87. The molecule has 0 spiro atoms. The Morgan fingerprint density at radius 3 is 1.68 bits per heavy atom. The van der Waals surface area contributed by atoms with Gasteiger partial charge < -0.3 is 4.70 Å². The standard InChI is InChI=1S/C14H14I.F5P.FH/c1-11-6-8-13(9-7-11)15-14-5-3-4-12(2)10-14;1-6(2,3,4)5;/h3-10H,1-2H3;;1H/q+1;;/p-1. The largest absolute Gasteiger partial charge is 1.00 e. The second-order valence-corrected chi connectivity index (χ2v) is 8.64. The van der Waals surface area contributed by atoms with Crippen molar-refractivity contribution in [3.05, 3.63) is 66.8 Å². The van der Waals surface area contributed by atoms with Crippen LogP contribution >= 0.6 is 8.16 Å². The molecule has 0 aliphatic rings. The fraction of sp³-hybridized carbons (Fsp3) is 0.143. The zero-order valence-corrected chi connectivity index (χ0v) is 14.8. The van der Waals surface area contributed by atoms with Crippen molar-refractivity contribution in [3.63, 3.8) is 0 Å². The summed E-state index contributed by atoms with van der Waals surface area (Å²) in [5.74, 6) is 0. The third-order valence-electron chi connectivity index (χ3n) is 2.21. The summed E-state index contributed by atoms with van der Waals surface area (Å²) in [6.45, 7) is 4.29. The maximum absolute atomic E-state index is 9.84. The average Bonchev–Trinajstić information content (AvgIpc) is 2.29. The molecule has 0 aromatic heterocycles. The van der Waals surface area contributed by atoms with Crippen LogP contribution < -0.4 is 25.9 Å². The SMILES string of the molecule is Cc1ccc([I+]c2cccc(C)c2)cc1.FP(F)(F)(F)F.[F-]. The van der Waals surface area contributed by atoms with E-state index in [4.69, 9.17) is 0 Å². The molecule has 2 aromatic rings. The van der Waals surface area contributed by atoms with Gasteiger partial charge in [-0.1, -0.05) is 29.8 Å².